The number of nitrogens with zero attached hydrogens (tertiary/aromatic N) is 3. The van der Waals surface area contributed by atoms with Gasteiger partial charge < -0.3 is 192 Å². The van der Waals surface area contributed by atoms with E-state index >= 15 is 0 Å². The van der Waals surface area contributed by atoms with Crippen molar-refractivity contribution in [3.63, 3.8) is 0 Å². The van der Waals surface area contributed by atoms with E-state index in [2.05, 4.69) is 37.2 Å². The van der Waals surface area contributed by atoms with Crippen LogP contribution in [0.2, 0.25) is 0 Å². The number of carboxylic acids is 8. The molecule has 0 radical (unpaired) electrons. The first-order valence-electron chi connectivity index (χ1n) is 46.1. The van der Waals surface area contributed by atoms with E-state index < -0.39 is 126 Å². The van der Waals surface area contributed by atoms with Crippen LogP contribution in [-0.4, -0.2) is 516 Å². The number of amides is 13. The predicted molar refractivity (Wildman–Crippen MR) is 507 cm³/mol. The molecule has 148 heavy (non-hydrogen) atoms. The molecule has 62 nitrogen and oxygen atoms in total. The lowest BCUT2D eigenvalue weighted by Gasteiger charge is -2.13. The largest absolute Gasteiger partial charge is 0.481 e. The summed E-state index contributed by atoms with van der Waals surface area (Å²) < 4.78 is 93.1. The van der Waals surface area contributed by atoms with Crippen molar-refractivity contribution in [1.82, 2.24) is 51.9 Å². The van der Waals surface area contributed by atoms with Gasteiger partial charge in [0.05, 0.1) is 309 Å². The molecule has 3 aliphatic heterocycles. The van der Waals surface area contributed by atoms with Gasteiger partial charge in [0.1, 0.15) is 13.1 Å². The van der Waals surface area contributed by atoms with Crippen LogP contribution >= 0.6 is 0 Å². The smallest absolute Gasteiger partial charge is 0.322 e. The van der Waals surface area contributed by atoms with Gasteiger partial charge in [-0.1, -0.05) is 0 Å². The van der Waals surface area contributed by atoms with E-state index in [9.17, 15) is 101 Å². The zero-order chi connectivity index (χ0) is 111. The van der Waals surface area contributed by atoms with Crippen LogP contribution in [0.3, 0.4) is 0 Å². The number of imide groups is 3. The minimum atomic E-state index is -1.18. The average molecular weight is 2150 g/mol. The normalized spacial score (nSPS) is 11.8. The molecular weight excluding hydrogens is 2000 g/mol. The summed E-state index contributed by atoms with van der Waals surface area (Å²) in [5.74, 6) is -13.5. The molecule has 850 valence electrons. The topological polar surface area (TPSA) is 910 Å². The van der Waals surface area contributed by atoms with Crippen LogP contribution in [0, 0.1) is 0 Å². The van der Waals surface area contributed by atoms with Crippen molar-refractivity contribution in [2.24, 2.45) is 28.7 Å². The lowest BCUT2D eigenvalue weighted by molar-refractivity contribution is -0.142. The van der Waals surface area contributed by atoms with Gasteiger partial charge in [0.25, 0.3) is 35.4 Å². The molecule has 0 aromatic heterocycles. The molecule has 0 aromatic rings. The number of ether oxygens (including phenoxy) is 18. The Morgan fingerprint density at radius 3 is 0.527 bits per heavy atom. The summed E-state index contributed by atoms with van der Waals surface area (Å²) in [5, 5.41) is 82.4. The third-order valence-electron chi connectivity index (χ3n) is 16.0. The summed E-state index contributed by atoms with van der Waals surface area (Å²) in [6.07, 6.45) is 6.85. The molecule has 25 N–H and O–H groups in total. The van der Waals surface area contributed by atoms with Crippen molar-refractivity contribution in [2.45, 2.75) is 51.4 Å². The summed E-state index contributed by atoms with van der Waals surface area (Å²) >= 11 is 0. The summed E-state index contributed by atoms with van der Waals surface area (Å²) in [6, 6.07) is 0. The molecule has 0 saturated carbocycles. The maximum absolute atomic E-state index is 11.7. The molecule has 0 saturated heterocycles. The monoisotopic (exact) mass is 2140 g/mol. The van der Waals surface area contributed by atoms with Gasteiger partial charge in [0.15, 0.2) is 0 Å². The molecule has 0 fully saturated rings. The van der Waals surface area contributed by atoms with Gasteiger partial charge in [0.2, 0.25) is 41.4 Å². The first-order valence-corrected chi connectivity index (χ1v) is 46.1. The minimum Gasteiger partial charge on any atom is -0.481 e. The lowest BCUT2D eigenvalue weighted by atomic mass is 10.3. The average Bonchev–Trinajstić information content (AvgIpc) is 1.74. The first kappa shape index (κ1) is 144. The Bertz CT molecular complexity index is 3730. The molecule has 0 aliphatic carbocycles. The molecule has 62 heteroatoms. The van der Waals surface area contributed by atoms with Crippen LogP contribution in [0.1, 0.15) is 51.4 Å². The fraction of sp³-hybridized carbons (Fsp3) is 0.686. The van der Waals surface area contributed by atoms with Crippen molar-refractivity contribution in [2.75, 3.05) is 336 Å². The van der Waals surface area contributed by atoms with Gasteiger partial charge in [-0.05, 0) is 0 Å². The number of carbonyl (C=O) groups excluding carboxylic acids is 13. The standard InChI is InChI=1S/C18H28N2O9.C15H31NO8.C14H20N2O7.C11H23NO6.C8H14N4O5.C7H7NO4.C7H15NO4.C6H11N3O4/c21-15(3-6-20-16(22)1-2-17(20)23)19-5-8-27-10-12-29-14-13-28-11-9-26-7-4-18(24)25;16-2-4-20-6-8-22-10-12-24-14-13-23-11-9-21-7-5-19-3-1-15(17)18;17-11(3-6-16-12(18)1-2-13(16)19)15-5-8-23-10-9-22-7-4-14(20)21;12-2-4-16-6-8-18-10-9-17-7-5-15-3-1-11(13)14;9-1-5(13)10-2-6(14)11-3-7(15)12-4-8(16)17;9-5-1-2-6(10)8(5)4-3-7(11)12;8-2-4-12-6-5-11-3-1-7(9)10;7-1-4(10)8-2-5(11)9-3-6(12)13/h1-2H,3-14H2,(H,19,21)(H,24,25);1-14,16H2,(H,17,18);1-2H,3-10H2,(H,15,17)(H,20,21);1-10,12H2,(H,13,14);1-4,9H2,(H,10,13)(H,11,14)(H,12,15)(H,16,17);1-2H,3-4H2,(H,11,12);1-6,8H2,(H,9,10);1-3,7H2,(H,8,10)(H,9,11)(H,12,13). The van der Waals surface area contributed by atoms with E-state index in [1.807, 2.05) is 0 Å². The Morgan fingerprint density at radius 1 is 0.189 bits per heavy atom. The lowest BCUT2D eigenvalue weighted by Crippen LogP contribution is -2.43. The second kappa shape index (κ2) is 108. The minimum absolute atomic E-state index is 0.0101. The summed E-state index contributed by atoms with van der Waals surface area (Å²) in [6.45, 7) is 14.6. The third kappa shape index (κ3) is 111. The van der Waals surface area contributed by atoms with E-state index in [0.717, 1.165) is 26.9 Å². The van der Waals surface area contributed by atoms with Crippen molar-refractivity contribution in [3.8, 4) is 0 Å². The maximum Gasteiger partial charge on any atom is 0.322 e. The molecule has 0 unspecified atom stereocenters. The van der Waals surface area contributed by atoms with Gasteiger partial charge in [-0.25, -0.2) is 0 Å². The zero-order valence-corrected chi connectivity index (χ0v) is 82.9. The number of nitrogens with one attached hydrogen (secondary N) is 7. The number of hydrogen-bond donors (Lipinski definition) is 20. The van der Waals surface area contributed by atoms with E-state index in [0.29, 0.717) is 224 Å². The number of nitrogens with two attached hydrogens (primary N) is 5. The fourth-order valence-electron chi connectivity index (χ4n) is 8.92. The fourth-order valence-corrected chi connectivity index (χ4v) is 8.92. The van der Waals surface area contributed by atoms with Crippen LogP contribution < -0.4 is 65.9 Å². The predicted octanol–water partition coefficient (Wildman–Crippen LogP) is -10.6. The van der Waals surface area contributed by atoms with Crippen molar-refractivity contribution < 1.29 is 227 Å². The summed E-state index contributed by atoms with van der Waals surface area (Å²) in [4.78, 5) is 228. The van der Waals surface area contributed by atoms with Crippen molar-refractivity contribution in [1.29, 1.82) is 0 Å². The van der Waals surface area contributed by atoms with E-state index in [1.165, 1.54) is 24.3 Å². The van der Waals surface area contributed by atoms with Gasteiger partial charge in [0, 0.05) is 102 Å². The highest BCUT2D eigenvalue weighted by atomic mass is 16.6. The van der Waals surface area contributed by atoms with E-state index in [-0.39, 0.29) is 162 Å². The summed E-state index contributed by atoms with van der Waals surface area (Å²) in [5.41, 5.74) is 25.6. The van der Waals surface area contributed by atoms with Crippen LogP contribution in [0.4, 0.5) is 0 Å². The molecule has 0 atom stereocenters. The summed E-state index contributed by atoms with van der Waals surface area (Å²) in [7, 11) is 0. The molecule has 13 amide bonds. The molecule has 3 heterocycles. The molecule has 0 bridgehead atoms. The molecular formula is C86H149N15O47. The number of carbonyl (C=O) groups is 21. The second-order valence-corrected chi connectivity index (χ2v) is 28.0. The Hall–Kier alpha value is -12.2. The van der Waals surface area contributed by atoms with Crippen LogP contribution in [0.15, 0.2) is 36.5 Å². The highest BCUT2D eigenvalue weighted by Crippen LogP contribution is 2.07. The first-order chi connectivity index (χ1) is 70.9. The Kier molecular flexibility index (Phi) is 105. The highest BCUT2D eigenvalue weighted by molar-refractivity contribution is 6.14. The van der Waals surface area contributed by atoms with Crippen LogP contribution in [0.5, 0.6) is 0 Å². The molecule has 0 aromatic carbocycles. The zero-order valence-electron chi connectivity index (χ0n) is 82.9. The Balaban J connectivity index is -0.000000536. The Labute approximate surface area is 852 Å². The molecule has 3 aliphatic rings. The van der Waals surface area contributed by atoms with Gasteiger partial charge in [-0.2, -0.15) is 0 Å². The van der Waals surface area contributed by atoms with Gasteiger partial charge >= 0.3 is 47.8 Å². The van der Waals surface area contributed by atoms with Crippen LogP contribution in [-0.2, 0) is 186 Å². The van der Waals surface area contributed by atoms with Crippen molar-refractivity contribution in [3.05, 3.63) is 36.5 Å². The number of rotatable bonds is 87. The number of hydrogen-bond acceptors (Lipinski definition) is 44. The van der Waals surface area contributed by atoms with Gasteiger partial charge in [-0.3, -0.25) is 115 Å². The number of carboxylic acid groups (broad SMARTS) is 8. The Morgan fingerprint density at radius 2 is 0.351 bits per heavy atom. The molecule has 3 rings (SSSR count). The van der Waals surface area contributed by atoms with Crippen LogP contribution in [0.25, 0.3) is 0 Å². The maximum atomic E-state index is 11.7. The quantitative estimate of drug-likeness (QED) is 0.0199. The SMILES string of the molecule is NCC(=O)NCC(=O)NCC(=O)NCC(=O)O.NCC(=O)NCC(=O)NCC(=O)O.NCCOCCOCCC(=O)O.NCCOCCOCCOCCOCCC(=O)O.NCCOCCOCCOCCOCCOCCOCCC(=O)O.O=C(O)CCN1C(=O)C=CC1=O.O=C(O)CCOCCOCCNC(=O)CCN1C(=O)C=CC1=O.O=C(O)CCOCCOCCOCCOCCNC(=O)CCN1C(=O)C=CC1=O. The number of aliphatic carboxylic acids is 8. The van der Waals surface area contributed by atoms with Gasteiger partial charge in [-0.15, -0.1) is 0 Å². The molecule has 0 spiro atoms. The van der Waals surface area contributed by atoms with E-state index in [4.69, 9.17) is 155 Å². The van der Waals surface area contributed by atoms with E-state index in [1.54, 1.807) is 0 Å². The highest BCUT2D eigenvalue weighted by Gasteiger charge is 2.26. The third-order valence-corrected chi connectivity index (χ3v) is 16.0. The van der Waals surface area contributed by atoms with Crippen molar-refractivity contribution >= 4 is 125 Å². The second-order valence-electron chi connectivity index (χ2n) is 28.0.